The van der Waals surface area contributed by atoms with Gasteiger partial charge in [-0.3, -0.25) is 19.3 Å². The van der Waals surface area contributed by atoms with Crippen LogP contribution in [0, 0.1) is 6.92 Å². The second-order valence-corrected chi connectivity index (χ2v) is 8.62. The molecule has 9 nitrogen and oxygen atoms in total. The van der Waals surface area contributed by atoms with Crippen molar-refractivity contribution in [2.75, 3.05) is 13.1 Å². The topological polar surface area (TPSA) is 97.1 Å². The van der Waals surface area contributed by atoms with Gasteiger partial charge in [0.1, 0.15) is 10.7 Å². The van der Waals surface area contributed by atoms with Gasteiger partial charge in [0.05, 0.1) is 21.7 Å². The van der Waals surface area contributed by atoms with Crippen molar-refractivity contribution < 1.29 is 9.59 Å². The SMILES string of the molecule is Cc1nn(C)c2ncc(C(=O)N3CCCN3C(=O)c3csc(-c4cccnc4)n3)c(Cl)c12. The molecule has 5 heterocycles. The summed E-state index contributed by atoms with van der Waals surface area (Å²) < 4.78 is 1.62. The van der Waals surface area contributed by atoms with Gasteiger partial charge in [0.15, 0.2) is 5.65 Å². The second kappa shape index (κ2) is 7.95. The second-order valence-electron chi connectivity index (χ2n) is 7.38. The number of carbonyl (C=O) groups excluding carboxylic acids is 2. The Morgan fingerprint density at radius 1 is 1.16 bits per heavy atom. The number of hydrogen-bond donors (Lipinski definition) is 0. The summed E-state index contributed by atoms with van der Waals surface area (Å²) in [6.45, 7) is 2.64. The zero-order chi connectivity index (χ0) is 22.4. The highest BCUT2D eigenvalue weighted by atomic mass is 35.5. The van der Waals surface area contributed by atoms with E-state index >= 15 is 0 Å². The van der Waals surface area contributed by atoms with Gasteiger partial charge in [0.2, 0.25) is 0 Å². The third-order valence-corrected chi connectivity index (χ3v) is 6.61. The van der Waals surface area contributed by atoms with Crippen molar-refractivity contribution in [2.45, 2.75) is 13.3 Å². The van der Waals surface area contributed by atoms with E-state index in [1.165, 1.54) is 27.6 Å². The van der Waals surface area contributed by atoms with Crippen LogP contribution in [-0.2, 0) is 7.05 Å². The number of aromatic nitrogens is 5. The Labute approximate surface area is 192 Å². The molecule has 0 spiro atoms. The van der Waals surface area contributed by atoms with Crippen LogP contribution in [-0.4, -0.2) is 59.7 Å². The lowest BCUT2D eigenvalue weighted by Gasteiger charge is -2.27. The van der Waals surface area contributed by atoms with Crippen LogP contribution in [0.4, 0.5) is 0 Å². The molecular formula is C21H18ClN7O2S. The van der Waals surface area contributed by atoms with Crippen molar-refractivity contribution in [2.24, 2.45) is 7.05 Å². The highest BCUT2D eigenvalue weighted by molar-refractivity contribution is 7.13. The number of hydrogen-bond acceptors (Lipinski definition) is 7. The lowest BCUT2D eigenvalue weighted by atomic mass is 10.2. The van der Waals surface area contributed by atoms with Gasteiger partial charge in [-0.15, -0.1) is 11.3 Å². The molecule has 11 heteroatoms. The number of aryl methyl sites for hydroxylation is 2. The Hall–Kier alpha value is -3.37. The third kappa shape index (κ3) is 3.32. The van der Waals surface area contributed by atoms with E-state index in [-0.39, 0.29) is 28.1 Å². The lowest BCUT2D eigenvalue weighted by Crippen LogP contribution is -2.45. The Balaban J connectivity index is 1.44. The minimum absolute atomic E-state index is 0.240. The molecule has 0 atom stereocenters. The highest BCUT2D eigenvalue weighted by Gasteiger charge is 2.34. The zero-order valence-corrected chi connectivity index (χ0v) is 18.9. The Morgan fingerprint density at radius 2 is 1.94 bits per heavy atom. The zero-order valence-electron chi connectivity index (χ0n) is 17.3. The average Bonchev–Trinajstić information content (AvgIpc) is 3.53. The predicted molar refractivity (Wildman–Crippen MR) is 120 cm³/mol. The summed E-state index contributed by atoms with van der Waals surface area (Å²) >= 11 is 7.95. The number of pyridine rings is 2. The van der Waals surface area contributed by atoms with Crippen LogP contribution in [0.15, 0.2) is 36.1 Å². The van der Waals surface area contributed by atoms with Crippen LogP contribution in [0.5, 0.6) is 0 Å². The van der Waals surface area contributed by atoms with Crippen molar-refractivity contribution >= 4 is 45.8 Å². The van der Waals surface area contributed by atoms with Gasteiger partial charge in [0, 0.05) is 49.7 Å². The summed E-state index contributed by atoms with van der Waals surface area (Å²) in [7, 11) is 1.77. The molecule has 1 saturated heterocycles. The fraction of sp³-hybridized carbons (Fsp3) is 0.238. The third-order valence-electron chi connectivity index (χ3n) is 5.33. The molecular weight excluding hydrogens is 450 g/mol. The summed E-state index contributed by atoms with van der Waals surface area (Å²) in [6, 6.07) is 3.70. The summed E-state index contributed by atoms with van der Waals surface area (Å²) in [5.41, 5.74) is 2.66. The lowest BCUT2D eigenvalue weighted by molar-refractivity contribution is 0.0183. The quantitative estimate of drug-likeness (QED) is 0.458. The molecule has 1 aliphatic heterocycles. The smallest absolute Gasteiger partial charge is 0.267 e. The minimum Gasteiger partial charge on any atom is -0.267 e. The van der Waals surface area contributed by atoms with Crippen molar-refractivity contribution in [3.05, 3.63) is 58.1 Å². The number of fused-ring (bicyclic) bond motifs is 1. The summed E-state index contributed by atoms with van der Waals surface area (Å²) in [5.74, 6) is -0.703. The maximum atomic E-state index is 13.4. The first kappa shape index (κ1) is 20.5. The number of nitrogens with zero attached hydrogens (tertiary/aromatic N) is 7. The largest absolute Gasteiger partial charge is 0.291 e. The maximum absolute atomic E-state index is 13.4. The molecule has 0 N–H and O–H groups in total. The molecule has 0 saturated carbocycles. The van der Waals surface area contributed by atoms with E-state index in [0.717, 1.165) is 5.56 Å². The summed E-state index contributed by atoms with van der Waals surface area (Å²) in [5, 5.41) is 10.5. The molecule has 32 heavy (non-hydrogen) atoms. The molecule has 1 aliphatic rings. The molecule has 0 aromatic carbocycles. The van der Waals surface area contributed by atoms with Crippen LogP contribution in [0.3, 0.4) is 0 Å². The van der Waals surface area contributed by atoms with Gasteiger partial charge < -0.3 is 0 Å². The fourth-order valence-electron chi connectivity index (χ4n) is 3.82. The number of halogens is 1. The first-order valence-corrected chi connectivity index (χ1v) is 11.2. The van der Waals surface area contributed by atoms with Crippen LogP contribution >= 0.6 is 22.9 Å². The van der Waals surface area contributed by atoms with E-state index in [4.69, 9.17) is 11.6 Å². The predicted octanol–water partition coefficient (Wildman–Crippen LogP) is 3.35. The molecule has 0 bridgehead atoms. The first-order valence-electron chi connectivity index (χ1n) is 9.93. The van der Waals surface area contributed by atoms with E-state index < -0.39 is 0 Å². The van der Waals surface area contributed by atoms with Crippen LogP contribution in [0.25, 0.3) is 21.6 Å². The van der Waals surface area contributed by atoms with Gasteiger partial charge in [0.25, 0.3) is 11.8 Å². The average molecular weight is 468 g/mol. The van der Waals surface area contributed by atoms with Crippen molar-refractivity contribution in [1.82, 2.24) is 34.8 Å². The van der Waals surface area contributed by atoms with E-state index in [9.17, 15) is 9.59 Å². The molecule has 4 aromatic heterocycles. The Bertz CT molecular complexity index is 1350. The Morgan fingerprint density at radius 3 is 2.69 bits per heavy atom. The number of carbonyl (C=O) groups is 2. The number of hydrazine groups is 1. The molecule has 0 unspecified atom stereocenters. The minimum atomic E-state index is -0.374. The highest BCUT2D eigenvalue weighted by Crippen LogP contribution is 2.30. The number of amides is 2. The van der Waals surface area contributed by atoms with Gasteiger partial charge in [-0.25, -0.2) is 20.0 Å². The molecule has 4 aromatic rings. The summed E-state index contributed by atoms with van der Waals surface area (Å²) in [6.07, 6.45) is 5.49. The number of thiazole rings is 1. The van der Waals surface area contributed by atoms with Crippen LogP contribution in [0.2, 0.25) is 5.02 Å². The molecule has 1 fully saturated rings. The normalized spacial score (nSPS) is 13.8. The molecule has 5 rings (SSSR count). The fourth-order valence-corrected chi connectivity index (χ4v) is 4.95. The van der Waals surface area contributed by atoms with Crippen molar-refractivity contribution in [3.8, 4) is 10.6 Å². The monoisotopic (exact) mass is 467 g/mol. The van der Waals surface area contributed by atoms with Crippen LogP contribution < -0.4 is 0 Å². The standard InChI is InChI=1S/C21H18ClN7O2S/c1-12-16-17(22)14(10-24-18(16)27(2)26-12)20(30)28-7-4-8-29(28)21(31)15-11-32-19(25-15)13-5-3-6-23-9-13/h3,5-6,9-11H,4,7-8H2,1-2H3. The molecule has 162 valence electrons. The Kier molecular flexibility index (Phi) is 5.10. The molecule has 2 amide bonds. The van der Waals surface area contributed by atoms with Gasteiger partial charge in [-0.05, 0) is 25.5 Å². The maximum Gasteiger partial charge on any atom is 0.291 e. The van der Waals surface area contributed by atoms with Gasteiger partial charge in [-0.2, -0.15) is 5.10 Å². The summed E-state index contributed by atoms with van der Waals surface area (Å²) in [4.78, 5) is 39.5. The van der Waals surface area contributed by atoms with Gasteiger partial charge >= 0.3 is 0 Å². The first-order chi connectivity index (χ1) is 15.5. The van der Waals surface area contributed by atoms with E-state index in [0.29, 0.717) is 41.2 Å². The molecule has 0 radical (unpaired) electrons. The van der Waals surface area contributed by atoms with E-state index in [1.807, 2.05) is 19.1 Å². The van der Waals surface area contributed by atoms with Crippen molar-refractivity contribution in [1.29, 1.82) is 0 Å². The molecule has 0 aliphatic carbocycles. The van der Waals surface area contributed by atoms with Gasteiger partial charge in [-0.1, -0.05) is 11.6 Å². The number of rotatable bonds is 3. The van der Waals surface area contributed by atoms with E-state index in [1.54, 1.807) is 29.5 Å². The van der Waals surface area contributed by atoms with E-state index in [2.05, 4.69) is 20.1 Å². The van der Waals surface area contributed by atoms with Crippen molar-refractivity contribution in [3.63, 3.8) is 0 Å². The van der Waals surface area contributed by atoms with Crippen LogP contribution in [0.1, 0.15) is 33.0 Å².